The van der Waals surface area contributed by atoms with Crippen LogP contribution in [0.2, 0.25) is 0 Å². The van der Waals surface area contributed by atoms with Crippen molar-refractivity contribution in [3.05, 3.63) is 29.3 Å². The molecule has 0 heterocycles. The van der Waals surface area contributed by atoms with E-state index in [2.05, 4.69) is 13.8 Å². The Morgan fingerprint density at radius 3 is 2.31 bits per heavy atom. The molecule has 1 aromatic rings. The van der Waals surface area contributed by atoms with Crippen molar-refractivity contribution in [2.75, 3.05) is 0 Å². The third-order valence-corrected chi connectivity index (χ3v) is 1.31. The molecule has 0 aliphatic carbocycles. The normalized spacial score (nSPS) is 8.54. The van der Waals surface area contributed by atoms with Gasteiger partial charge in [0.05, 0.1) is 5.56 Å². The number of carbonyl (C=O) groups excluding carboxylic acids is 1. The van der Waals surface area contributed by atoms with E-state index >= 15 is 0 Å². The quantitative estimate of drug-likeness (QED) is 0.675. The third kappa shape index (κ3) is 4.31. The molecule has 2 heteroatoms. The number of hydrogen-bond acceptors (Lipinski definition) is 2. The number of benzene rings is 1. The van der Waals surface area contributed by atoms with Gasteiger partial charge in [0.15, 0.2) is 6.29 Å². The molecule has 2 nitrogen and oxygen atoms in total. The van der Waals surface area contributed by atoms with Crippen molar-refractivity contribution in [2.45, 2.75) is 27.2 Å². The molecule has 0 aliphatic heterocycles. The number of phenols is 1. The van der Waals surface area contributed by atoms with E-state index in [1.165, 1.54) is 12.5 Å². The highest BCUT2D eigenvalue weighted by molar-refractivity contribution is 5.79. The van der Waals surface area contributed by atoms with E-state index in [1.807, 2.05) is 6.92 Å². The van der Waals surface area contributed by atoms with Gasteiger partial charge in [-0.3, -0.25) is 4.79 Å². The average Bonchev–Trinajstić information content (AvgIpc) is 2.10. The highest BCUT2D eigenvalue weighted by Crippen LogP contribution is 2.15. The SMILES string of the molecule is CCC.Cc1ccc(O)c(C=O)c1. The number of hydrogen-bond donors (Lipinski definition) is 1. The first-order valence-corrected chi connectivity index (χ1v) is 4.40. The summed E-state index contributed by atoms with van der Waals surface area (Å²) in [5, 5.41) is 9.00. The first kappa shape index (κ1) is 11.7. The van der Waals surface area contributed by atoms with Crippen LogP contribution in [0.5, 0.6) is 5.75 Å². The summed E-state index contributed by atoms with van der Waals surface area (Å²) >= 11 is 0. The van der Waals surface area contributed by atoms with Crippen molar-refractivity contribution >= 4 is 6.29 Å². The Kier molecular flexibility index (Phi) is 5.60. The molecule has 0 fully saturated rings. The van der Waals surface area contributed by atoms with Gasteiger partial charge in [-0.2, -0.15) is 0 Å². The summed E-state index contributed by atoms with van der Waals surface area (Å²) < 4.78 is 0. The molecule has 0 bridgehead atoms. The number of phenolic OH excluding ortho intramolecular Hbond substituents is 1. The van der Waals surface area contributed by atoms with Crippen LogP contribution in [0.15, 0.2) is 18.2 Å². The number of carbonyl (C=O) groups is 1. The van der Waals surface area contributed by atoms with Crippen LogP contribution in [-0.4, -0.2) is 11.4 Å². The van der Waals surface area contributed by atoms with Crippen LogP contribution in [0.4, 0.5) is 0 Å². The lowest BCUT2D eigenvalue weighted by Crippen LogP contribution is -1.81. The van der Waals surface area contributed by atoms with Crippen molar-refractivity contribution in [2.24, 2.45) is 0 Å². The summed E-state index contributed by atoms with van der Waals surface area (Å²) in [7, 11) is 0. The molecule has 1 N–H and O–H groups in total. The molecule has 0 saturated carbocycles. The monoisotopic (exact) mass is 180 g/mol. The molecular formula is C11H16O2. The Balaban J connectivity index is 0.000000424. The van der Waals surface area contributed by atoms with E-state index in [1.54, 1.807) is 12.1 Å². The van der Waals surface area contributed by atoms with E-state index in [4.69, 9.17) is 5.11 Å². The molecule has 1 rings (SSSR count). The molecule has 0 amide bonds. The van der Waals surface area contributed by atoms with Crippen molar-refractivity contribution in [3.63, 3.8) is 0 Å². The second kappa shape index (κ2) is 6.23. The van der Waals surface area contributed by atoms with Crippen molar-refractivity contribution in [1.29, 1.82) is 0 Å². The van der Waals surface area contributed by atoms with Gasteiger partial charge in [-0.1, -0.05) is 31.9 Å². The molecule has 72 valence electrons. The van der Waals surface area contributed by atoms with Gasteiger partial charge in [0.2, 0.25) is 0 Å². The predicted molar refractivity (Wildman–Crippen MR) is 54.2 cm³/mol. The Labute approximate surface area is 79.2 Å². The summed E-state index contributed by atoms with van der Waals surface area (Å²) in [5.74, 6) is 0.0422. The zero-order valence-electron chi connectivity index (χ0n) is 8.37. The standard InChI is InChI=1S/C8H8O2.C3H8/c1-6-2-3-8(10)7(4-6)5-9;1-3-2/h2-5,10H,1H3;3H2,1-2H3. The van der Waals surface area contributed by atoms with Gasteiger partial charge >= 0.3 is 0 Å². The minimum atomic E-state index is 0.0422. The Hall–Kier alpha value is -1.31. The van der Waals surface area contributed by atoms with Crippen molar-refractivity contribution < 1.29 is 9.90 Å². The van der Waals surface area contributed by atoms with Gasteiger partial charge in [-0.15, -0.1) is 0 Å². The first-order valence-electron chi connectivity index (χ1n) is 4.40. The highest BCUT2D eigenvalue weighted by atomic mass is 16.3. The number of aromatic hydroxyl groups is 1. The van der Waals surface area contributed by atoms with Crippen LogP contribution in [-0.2, 0) is 0 Å². The van der Waals surface area contributed by atoms with E-state index in [0.717, 1.165) is 5.56 Å². The fraction of sp³-hybridized carbons (Fsp3) is 0.364. The lowest BCUT2D eigenvalue weighted by Gasteiger charge is -1.96. The molecule has 1 aromatic carbocycles. The zero-order valence-corrected chi connectivity index (χ0v) is 8.37. The second-order valence-electron chi connectivity index (χ2n) is 2.89. The zero-order chi connectivity index (χ0) is 10.3. The smallest absolute Gasteiger partial charge is 0.153 e. The highest BCUT2D eigenvalue weighted by Gasteiger charge is 1.96. The van der Waals surface area contributed by atoms with Crippen LogP contribution in [0.1, 0.15) is 36.2 Å². The van der Waals surface area contributed by atoms with Gasteiger partial charge in [0.25, 0.3) is 0 Å². The van der Waals surface area contributed by atoms with Gasteiger partial charge in [-0.05, 0) is 19.1 Å². The molecule has 0 aliphatic rings. The summed E-state index contributed by atoms with van der Waals surface area (Å²) in [4.78, 5) is 10.2. The number of aldehydes is 1. The van der Waals surface area contributed by atoms with Crippen LogP contribution in [0.3, 0.4) is 0 Å². The predicted octanol–water partition coefficient (Wildman–Crippen LogP) is 2.93. The maximum Gasteiger partial charge on any atom is 0.153 e. The fourth-order valence-electron chi connectivity index (χ4n) is 0.768. The molecular weight excluding hydrogens is 164 g/mol. The molecule has 13 heavy (non-hydrogen) atoms. The molecule has 0 saturated heterocycles. The summed E-state index contributed by atoms with van der Waals surface area (Å²) in [5.41, 5.74) is 1.32. The van der Waals surface area contributed by atoms with Crippen LogP contribution >= 0.6 is 0 Å². The minimum Gasteiger partial charge on any atom is -0.507 e. The van der Waals surface area contributed by atoms with E-state index in [-0.39, 0.29) is 5.75 Å². The van der Waals surface area contributed by atoms with Crippen LogP contribution < -0.4 is 0 Å². The Morgan fingerprint density at radius 1 is 1.38 bits per heavy atom. The van der Waals surface area contributed by atoms with Gasteiger partial charge in [0, 0.05) is 0 Å². The van der Waals surface area contributed by atoms with Crippen molar-refractivity contribution in [1.82, 2.24) is 0 Å². The summed E-state index contributed by atoms with van der Waals surface area (Å²) in [6.45, 7) is 6.12. The molecule has 0 radical (unpaired) electrons. The Bertz CT molecular complexity index is 267. The van der Waals surface area contributed by atoms with E-state index < -0.39 is 0 Å². The van der Waals surface area contributed by atoms with Gasteiger partial charge in [0.1, 0.15) is 5.75 Å². The second-order valence-corrected chi connectivity index (χ2v) is 2.89. The van der Waals surface area contributed by atoms with Crippen molar-refractivity contribution in [3.8, 4) is 5.75 Å². The number of rotatable bonds is 1. The molecule has 0 unspecified atom stereocenters. The fourth-order valence-corrected chi connectivity index (χ4v) is 0.768. The lowest BCUT2D eigenvalue weighted by atomic mass is 10.1. The summed E-state index contributed by atoms with van der Waals surface area (Å²) in [6, 6.07) is 4.91. The largest absolute Gasteiger partial charge is 0.507 e. The maximum atomic E-state index is 10.2. The summed E-state index contributed by atoms with van der Waals surface area (Å²) in [6.07, 6.45) is 1.89. The average molecular weight is 180 g/mol. The van der Waals surface area contributed by atoms with E-state index in [0.29, 0.717) is 11.8 Å². The first-order chi connectivity index (χ1) is 6.15. The Morgan fingerprint density at radius 2 is 1.92 bits per heavy atom. The number of aryl methyl sites for hydroxylation is 1. The van der Waals surface area contributed by atoms with Gasteiger partial charge < -0.3 is 5.11 Å². The minimum absolute atomic E-state index is 0.0422. The van der Waals surface area contributed by atoms with E-state index in [9.17, 15) is 4.79 Å². The maximum absolute atomic E-state index is 10.2. The van der Waals surface area contributed by atoms with Crippen LogP contribution in [0, 0.1) is 6.92 Å². The molecule has 0 aromatic heterocycles. The van der Waals surface area contributed by atoms with Crippen LogP contribution in [0.25, 0.3) is 0 Å². The lowest BCUT2D eigenvalue weighted by molar-refractivity contribution is 0.112. The molecule has 0 atom stereocenters. The van der Waals surface area contributed by atoms with Gasteiger partial charge in [-0.25, -0.2) is 0 Å². The molecule has 0 spiro atoms. The topological polar surface area (TPSA) is 37.3 Å². The third-order valence-electron chi connectivity index (χ3n) is 1.31.